The summed E-state index contributed by atoms with van der Waals surface area (Å²) in [6, 6.07) is 3.62. The molecule has 0 bridgehead atoms. The number of aromatic hydroxyl groups is 1. The van der Waals surface area contributed by atoms with E-state index in [4.69, 9.17) is 4.74 Å². The molecule has 0 aliphatic carbocycles. The molecule has 0 saturated carbocycles. The third kappa shape index (κ3) is 4.59. The van der Waals surface area contributed by atoms with Gasteiger partial charge < -0.3 is 15.2 Å². The minimum absolute atomic E-state index is 0.105. The van der Waals surface area contributed by atoms with Crippen LogP contribution in [0.3, 0.4) is 0 Å². The smallest absolute Gasteiger partial charge is 0.172 e. The topological polar surface area (TPSA) is 58.6 Å². The zero-order chi connectivity index (χ0) is 13.5. The van der Waals surface area contributed by atoms with Gasteiger partial charge in [-0.3, -0.25) is 4.21 Å². The summed E-state index contributed by atoms with van der Waals surface area (Å²) in [5.41, 5.74) is 0.999. The second-order valence-electron chi connectivity index (χ2n) is 3.74. The highest BCUT2D eigenvalue weighted by Crippen LogP contribution is 2.35. The van der Waals surface area contributed by atoms with Gasteiger partial charge in [-0.2, -0.15) is 0 Å². The Morgan fingerprint density at radius 1 is 1.50 bits per heavy atom. The third-order valence-corrected chi connectivity index (χ3v) is 4.37. The van der Waals surface area contributed by atoms with Crippen molar-refractivity contribution in [1.82, 2.24) is 5.32 Å². The second kappa shape index (κ2) is 7.76. The van der Waals surface area contributed by atoms with Gasteiger partial charge in [0.25, 0.3) is 0 Å². The predicted molar refractivity (Wildman–Crippen MR) is 77.6 cm³/mol. The summed E-state index contributed by atoms with van der Waals surface area (Å²) in [5, 5.41) is 12.9. The van der Waals surface area contributed by atoms with E-state index in [-0.39, 0.29) is 5.75 Å². The van der Waals surface area contributed by atoms with Crippen molar-refractivity contribution in [2.45, 2.75) is 13.5 Å². The minimum Gasteiger partial charge on any atom is -0.503 e. The number of hydrogen-bond acceptors (Lipinski definition) is 4. The predicted octanol–water partition coefficient (Wildman–Crippen LogP) is 2.02. The van der Waals surface area contributed by atoms with Gasteiger partial charge >= 0.3 is 0 Å². The van der Waals surface area contributed by atoms with E-state index < -0.39 is 10.8 Å². The van der Waals surface area contributed by atoms with Crippen LogP contribution in [-0.2, 0) is 17.3 Å². The Morgan fingerprint density at radius 3 is 2.83 bits per heavy atom. The van der Waals surface area contributed by atoms with E-state index in [1.54, 1.807) is 6.07 Å². The summed E-state index contributed by atoms with van der Waals surface area (Å²) in [6.07, 6.45) is 0. The molecule has 1 aromatic rings. The van der Waals surface area contributed by atoms with Crippen LogP contribution < -0.4 is 10.1 Å². The van der Waals surface area contributed by atoms with Crippen LogP contribution >= 0.6 is 15.9 Å². The second-order valence-corrected chi connectivity index (χ2v) is 6.46. The molecule has 0 amide bonds. The molecule has 2 N–H and O–H groups in total. The van der Waals surface area contributed by atoms with Gasteiger partial charge in [0.2, 0.25) is 0 Å². The fourth-order valence-corrected chi connectivity index (χ4v) is 2.60. The molecule has 0 aliphatic heterocycles. The molecule has 0 aliphatic rings. The summed E-state index contributed by atoms with van der Waals surface area (Å²) in [7, 11) is 0.782. The molecule has 4 nitrogen and oxygen atoms in total. The lowest BCUT2D eigenvalue weighted by Gasteiger charge is -2.09. The molecule has 1 atom stereocenters. The maximum atomic E-state index is 11.2. The van der Waals surface area contributed by atoms with Crippen molar-refractivity contribution >= 4 is 26.7 Å². The van der Waals surface area contributed by atoms with Gasteiger partial charge in [0.1, 0.15) is 0 Å². The number of rotatable bonds is 7. The summed E-state index contributed by atoms with van der Waals surface area (Å²) < 4.78 is 16.9. The number of phenols is 1. The highest BCUT2D eigenvalue weighted by atomic mass is 79.9. The summed E-state index contributed by atoms with van der Waals surface area (Å²) in [4.78, 5) is 0. The lowest BCUT2D eigenvalue weighted by atomic mass is 10.2. The van der Waals surface area contributed by atoms with Crippen LogP contribution in [0.2, 0.25) is 0 Å². The van der Waals surface area contributed by atoms with Crippen LogP contribution in [0.15, 0.2) is 16.6 Å². The number of methoxy groups -OCH3 is 1. The number of halogens is 1. The maximum absolute atomic E-state index is 11.2. The first-order chi connectivity index (χ1) is 8.58. The zero-order valence-corrected chi connectivity index (χ0v) is 12.9. The van der Waals surface area contributed by atoms with Crippen molar-refractivity contribution < 1.29 is 14.1 Å². The van der Waals surface area contributed by atoms with Crippen molar-refractivity contribution in [2.24, 2.45) is 0 Å². The Bertz CT molecular complexity index is 426. The molecule has 0 spiro atoms. The highest BCUT2D eigenvalue weighted by Gasteiger charge is 2.08. The minimum atomic E-state index is -0.735. The lowest BCUT2D eigenvalue weighted by Crippen LogP contribution is -2.20. The zero-order valence-electron chi connectivity index (χ0n) is 10.5. The molecule has 0 aromatic heterocycles. The maximum Gasteiger partial charge on any atom is 0.172 e. The molecule has 0 fully saturated rings. The van der Waals surface area contributed by atoms with Crippen molar-refractivity contribution in [1.29, 1.82) is 0 Å². The lowest BCUT2D eigenvalue weighted by molar-refractivity contribution is 0.371. The van der Waals surface area contributed by atoms with Gasteiger partial charge in [-0.1, -0.05) is 6.92 Å². The standard InChI is InChI=1S/C12H18BrNO3S/c1-3-18(16)5-4-14-8-9-6-10(13)12(15)11(7-9)17-2/h6-7,14-15H,3-5,8H2,1-2H3. The van der Waals surface area contributed by atoms with E-state index in [2.05, 4.69) is 21.2 Å². The average molecular weight is 336 g/mol. The quantitative estimate of drug-likeness (QED) is 0.748. The van der Waals surface area contributed by atoms with Crippen molar-refractivity contribution in [2.75, 3.05) is 25.2 Å². The Kier molecular flexibility index (Phi) is 6.67. The van der Waals surface area contributed by atoms with Crippen LogP contribution in [0.4, 0.5) is 0 Å². The monoisotopic (exact) mass is 335 g/mol. The number of nitrogens with one attached hydrogen (secondary N) is 1. The van der Waals surface area contributed by atoms with E-state index in [1.165, 1.54) is 7.11 Å². The molecule has 1 rings (SSSR count). The first kappa shape index (κ1) is 15.5. The molecule has 0 heterocycles. The molecule has 1 aromatic carbocycles. The van der Waals surface area contributed by atoms with E-state index in [1.807, 2.05) is 13.0 Å². The van der Waals surface area contributed by atoms with Crippen LogP contribution in [0, 0.1) is 0 Å². The first-order valence-electron chi connectivity index (χ1n) is 5.69. The van der Waals surface area contributed by atoms with E-state index >= 15 is 0 Å². The summed E-state index contributed by atoms with van der Waals surface area (Å²) >= 11 is 3.27. The van der Waals surface area contributed by atoms with Gasteiger partial charge in [-0.25, -0.2) is 0 Å². The fourth-order valence-electron chi connectivity index (χ4n) is 1.45. The Hall–Kier alpha value is -0.590. The molecule has 0 saturated heterocycles. The van der Waals surface area contributed by atoms with Crippen molar-refractivity contribution in [3.05, 3.63) is 22.2 Å². The van der Waals surface area contributed by atoms with Gasteiger partial charge in [0.05, 0.1) is 11.6 Å². The fraction of sp³-hybridized carbons (Fsp3) is 0.500. The molecular weight excluding hydrogens is 318 g/mol. The number of hydrogen-bond donors (Lipinski definition) is 2. The van der Waals surface area contributed by atoms with Crippen LogP contribution in [-0.4, -0.2) is 34.5 Å². The van der Waals surface area contributed by atoms with Crippen molar-refractivity contribution in [3.63, 3.8) is 0 Å². The Morgan fingerprint density at radius 2 is 2.22 bits per heavy atom. The third-order valence-electron chi connectivity index (χ3n) is 2.47. The SMILES string of the molecule is CCS(=O)CCNCc1cc(Br)c(O)c(OC)c1. The average Bonchev–Trinajstić information content (AvgIpc) is 2.38. The molecule has 6 heteroatoms. The summed E-state index contributed by atoms with van der Waals surface area (Å²) in [5.74, 6) is 1.90. The largest absolute Gasteiger partial charge is 0.503 e. The first-order valence-corrected chi connectivity index (χ1v) is 7.97. The molecule has 102 valence electrons. The summed E-state index contributed by atoms with van der Waals surface area (Å²) in [6.45, 7) is 3.27. The van der Waals surface area contributed by atoms with Gasteiger partial charge in [0, 0.05) is 35.4 Å². The van der Waals surface area contributed by atoms with Crippen LogP contribution in [0.1, 0.15) is 12.5 Å². The molecular formula is C12H18BrNO3S. The van der Waals surface area contributed by atoms with Crippen LogP contribution in [0.5, 0.6) is 11.5 Å². The van der Waals surface area contributed by atoms with Gasteiger partial charge in [0.15, 0.2) is 11.5 Å². The van der Waals surface area contributed by atoms with E-state index in [0.717, 1.165) is 5.56 Å². The van der Waals surface area contributed by atoms with E-state index in [0.29, 0.717) is 34.8 Å². The number of ether oxygens (including phenoxy) is 1. The van der Waals surface area contributed by atoms with E-state index in [9.17, 15) is 9.32 Å². The molecule has 1 unspecified atom stereocenters. The van der Waals surface area contributed by atoms with Crippen LogP contribution in [0.25, 0.3) is 0 Å². The number of phenolic OH excluding ortho intramolecular Hbond substituents is 1. The Labute approximate surface area is 118 Å². The molecule has 0 radical (unpaired) electrons. The number of benzene rings is 1. The normalized spacial score (nSPS) is 12.4. The Balaban J connectivity index is 2.52. The van der Waals surface area contributed by atoms with Gasteiger partial charge in [-0.05, 0) is 33.6 Å². The van der Waals surface area contributed by atoms with Crippen molar-refractivity contribution in [3.8, 4) is 11.5 Å². The van der Waals surface area contributed by atoms with Gasteiger partial charge in [-0.15, -0.1) is 0 Å². The highest BCUT2D eigenvalue weighted by molar-refractivity contribution is 9.10. The molecule has 18 heavy (non-hydrogen) atoms.